The van der Waals surface area contributed by atoms with Gasteiger partial charge in [-0.05, 0) is 43.0 Å². The Morgan fingerprint density at radius 1 is 1.24 bits per heavy atom. The van der Waals surface area contributed by atoms with E-state index < -0.39 is 9.84 Å². The second-order valence-corrected chi connectivity index (χ2v) is 9.76. The number of hydrogen-bond donors (Lipinski definition) is 0. The smallest absolute Gasteiger partial charge is 0.175 e. The van der Waals surface area contributed by atoms with Gasteiger partial charge in [-0.25, -0.2) is 8.42 Å². The first-order chi connectivity index (χ1) is 13.8. The van der Waals surface area contributed by atoms with E-state index >= 15 is 0 Å². The van der Waals surface area contributed by atoms with E-state index in [0.717, 1.165) is 16.9 Å². The van der Waals surface area contributed by atoms with Crippen molar-refractivity contribution in [2.24, 2.45) is 13.0 Å². The van der Waals surface area contributed by atoms with Crippen molar-refractivity contribution in [3.63, 3.8) is 0 Å². The number of allylic oxidation sites excluding steroid dienone is 2. The van der Waals surface area contributed by atoms with Crippen LogP contribution in [0.5, 0.6) is 11.5 Å². The molecule has 29 heavy (non-hydrogen) atoms. The van der Waals surface area contributed by atoms with Crippen LogP contribution < -0.4 is 9.47 Å². The Kier molecular flexibility index (Phi) is 5.12. The number of sulfone groups is 1. The minimum Gasteiger partial charge on any atom is -0.493 e. The average molecular weight is 416 g/mol. The molecule has 0 bridgehead atoms. The predicted octanol–water partition coefficient (Wildman–Crippen LogP) is 2.86. The van der Waals surface area contributed by atoms with Crippen LogP contribution in [-0.2, 0) is 16.9 Å². The molecule has 2 heterocycles. The summed E-state index contributed by atoms with van der Waals surface area (Å²) in [6.45, 7) is 1.25. The normalized spacial score (nSPS) is 17.0. The van der Waals surface area contributed by atoms with Crippen LogP contribution in [0.3, 0.4) is 0 Å². The van der Waals surface area contributed by atoms with E-state index in [2.05, 4.69) is 5.10 Å². The molecule has 1 aromatic carbocycles. The summed E-state index contributed by atoms with van der Waals surface area (Å²) >= 11 is 0. The van der Waals surface area contributed by atoms with E-state index in [1.165, 1.54) is 19.1 Å². The van der Waals surface area contributed by atoms with Crippen molar-refractivity contribution in [3.8, 4) is 11.5 Å². The number of nitrogens with zero attached hydrogens (tertiary/aromatic N) is 3. The minimum absolute atomic E-state index is 0.267. The Hall–Kier alpha value is -2.74. The lowest BCUT2D eigenvalue weighted by atomic mass is 10.0. The third-order valence-electron chi connectivity index (χ3n) is 4.87. The van der Waals surface area contributed by atoms with Crippen LogP contribution in [0.4, 0.5) is 0 Å². The summed E-state index contributed by atoms with van der Waals surface area (Å²) in [6.07, 6.45) is 10.9. The van der Waals surface area contributed by atoms with Gasteiger partial charge in [-0.1, -0.05) is 0 Å². The Balaban J connectivity index is 1.69. The molecule has 1 aromatic heterocycles. The van der Waals surface area contributed by atoms with Crippen molar-refractivity contribution in [2.45, 2.75) is 17.7 Å². The lowest BCUT2D eigenvalue weighted by Gasteiger charge is -2.24. The molecule has 1 fully saturated rings. The summed E-state index contributed by atoms with van der Waals surface area (Å²) in [5.41, 5.74) is 1.58. The quantitative estimate of drug-likeness (QED) is 0.692. The van der Waals surface area contributed by atoms with Gasteiger partial charge in [-0.3, -0.25) is 4.68 Å². The van der Waals surface area contributed by atoms with E-state index in [1.54, 1.807) is 35.3 Å². The van der Waals surface area contributed by atoms with Crippen molar-refractivity contribution in [1.29, 1.82) is 0 Å². The molecule has 0 spiro atoms. The molecule has 0 radical (unpaired) electrons. The fourth-order valence-electron chi connectivity index (χ4n) is 3.18. The SMILES string of the molecule is CN1C=C(c2cc(S(C)(=O)=O)ccc2OCC2CC2)C=C(Oc2cnn(C)c2)C1. The van der Waals surface area contributed by atoms with Gasteiger partial charge in [0.15, 0.2) is 15.6 Å². The maximum Gasteiger partial charge on any atom is 0.175 e. The second kappa shape index (κ2) is 7.59. The summed E-state index contributed by atoms with van der Waals surface area (Å²) in [6, 6.07) is 5.03. The highest BCUT2D eigenvalue weighted by atomic mass is 32.2. The van der Waals surface area contributed by atoms with E-state index in [4.69, 9.17) is 9.47 Å². The van der Waals surface area contributed by atoms with E-state index in [-0.39, 0.29) is 4.90 Å². The number of rotatable bonds is 7. The van der Waals surface area contributed by atoms with Gasteiger partial charge >= 0.3 is 0 Å². The first-order valence-electron chi connectivity index (χ1n) is 9.54. The molecular formula is C21H25N3O4S. The largest absolute Gasteiger partial charge is 0.493 e. The summed E-state index contributed by atoms with van der Waals surface area (Å²) < 4.78 is 37.9. The Labute approximate surface area is 171 Å². The molecule has 8 heteroatoms. The zero-order valence-corrected chi connectivity index (χ0v) is 17.6. The van der Waals surface area contributed by atoms with Gasteiger partial charge in [0.1, 0.15) is 11.5 Å². The van der Waals surface area contributed by atoms with Gasteiger partial charge in [0.2, 0.25) is 0 Å². The van der Waals surface area contributed by atoms with E-state index in [1.807, 2.05) is 31.3 Å². The number of hydrogen-bond acceptors (Lipinski definition) is 6. The molecule has 2 aromatic rings. The maximum atomic E-state index is 12.1. The van der Waals surface area contributed by atoms with Crippen molar-refractivity contribution in [1.82, 2.24) is 14.7 Å². The third kappa shape index (κ3) is 4.82. The number of benzene rings is 1. The molecule has 0 amide bonds. The lowest BCUT2D eigenvalue weighted by molar-refractivity contribution is 0.298. The minimum atomic E-state index is -3.33. The molecule has 1 aliphatic heterocycles. The number of likely N-dealkylation sites (N-methyl/N-ethyl adjacent to an activating group) is 1. The summed E-state index contributed by atoms with van der Waals surface area (Å²) in [5, 5.41) is 4.13. The summed E-state index contributed by atoms with van der Waals surface area (Å²) in [4.78, 5) is 2.27. The molecule has 0 N–H and O–H groups in total. The zero-order chi connectivity index (χ0) is 20.6. The Morgan fingerprint density at radius 3 is 2.69 bits per heavy atom. The highest BCUT2D eigenvalue weighted by Crippen LogP contribution is 2.35. The summed E-state index contributed by atoms with van der Waals surface area (Å²) in [5.74, 6) is 2.68. The molecule has 4 rings (SSSR count). The molecular weight excluding hydrogens is 390 g/mol. The third-order valence-corrected chi connectivity index (χ3v) is 5.98. The van der Waals surface area contributed by atoms with Gasteiger partial charge in [0.05, 0.1) is 30.4 Å². The molecule has 1 saturated carbocycles. The molecule has 2 aliphatic rings. The molecule has 1 aliphatic carbocycles. The maximum absolute atomic E-state index is 12.1. The average Bonchev–Trinajstić information content (AvgIpc) is 3.39. The molecule has 0 atom stereocenters. The van der Waals surface area contributed by atoms with Crippen LogP contribution in [0, 0.1) is 5.92 Å². The number of aromatic nitrogens is 2. The van der Waals surface area contributed by atoms with Gasteiger partial charge in [0, 0.05) is 37.7 Å². The van der Waals surface area contributed by atoms with Gasteiger partial charge in [-0.15, -0.1) is 0 Å². The lowest BCUT2D eigenvalue weighted by Crippen LogP contribution is -2.21. The van der Waals surface area contributed by atoms with Gasteiger partial charge in [0.25, 0.3) is 0 Å². The van der Waals surface area contributed by atoms with Crippen LogP contribution in [-0.4, -0.2) is 49.6 Å². The van der Waals surface area contributed by atoms with Crippen LogP contribution in [0.1, 0.15) is 18.4 Å². The van der Waals surface area contributed by atoms with Crippen LogP contribution in [0.15, 0.2) is 53.5 Å². The first-order valence-corrected chi connectivity index (χ1v) is 11.4. The zero-order valence-electron chi connectivity index (χ0n) is 16.8. The monoisotopic (exact) mass is 415 g/mol. The molecule has 0 saturated heterocycles. The highest BCUT2D eigenvalue weighted by molar-refractivity contribution is 7.90. The van der Waals surface area contributed by atoms with E-state index in [9.17, 15) is 8.42 Å². The van der Waals surface area contributed by atoms with Gasteiger partial charge < -0.3 is 14.4 Å². The number of ether oxygens (including phenoxy) is 2. The Bertz CT molecular complexity index is 1080. The fraction of sp³-hybridized carbons (Fsp3) is 0.381. The fourth-order valence-corrected chi connectivity index (χ4v) is 3.83. The Morgan fingerprint density at radius 2 is 2.03 bits per heavy atom. The van der Waals surface area contributed by atoms with Gasteiger partial charge in [-0.2, -0.15) is 5.10 Å². The predicted molar refractivity (Wildman–Crippen MR) is 110 cm³/mol. The summed E-state index contributed by atoms with van der Waals surface area (Å²) in [7, 11) is 0.450. The van der Waals surface area contributed by atoms with Crippen molar-refractivity contribution in [2.75, 3.05) is 26.5 Å². The van der Waals surface area contributed by atoms with E-state index in [0.29, 0.717) is 30.6 Å². The highest BCUT2D eigenvalue weighted by Gasteiger charge is 2.24. The van der Waals surface area contributed by atoms with Crippen molar-refractivity contribution in [3.05, 3.63) is 54.2 Å². The molecule has 7 nitrogen and oxygen atoms in total. The topological polar surface area (TPSA) is 73.7 Å². The van der Waals surface area contributed by atoms with Crippen LogP contribution in [0.2, 0.25) is 0 Å². The van der Waals surface area contributed by atoms with Crippen molar-refractivity contribution < 1.29 is 17.9 Å². The first kappa shape index (κ1) is 19.6. The van der Waals surface area contributed by atoms with Crippen molar-refractivity contribution >= 4 is 15.4 Å². The molecule has 154 valence electrons. The number of aryl methyl sites for hydroxylation is 1. The molecule has 0 unspecified atom stereocenters. The standard InChI is InChI=1S/C21H25N3O4S/c1-23-11-16(8-17(12-23)28-18-10-22-24(2)13-18)20-9-19(29(3,25)26)6-7-21(20)27-14-15-4-5-15/h6-11,13,15H,4-5,12,14H2,1-3H3. The second-order valence-electron chi connectivity index (χ2n) is 7.75. The van der Waals surface area contributed by atoms with Crippen LogP contribution >= 0.6 is 0 Å². The van der Waals surface area contributed by atoms with Crippen LogP contribution in [0.25, 0.3) is 5.57 Å².